The molecule has 5 nitrogen and oxygen atoms in total. The van der Waals surface area contributed by atoms with Crippen LogP contribution in [0.15, 0.2) is 24.3 Å². The number of ether oxygens (including phenoxy) is 1. The van der Waals surface area contributed by atoms with Gasteiger partial charge in [0.15, 0.2) is 0 Å². The lowest BCUT2D eigenvalue weighted by Crippen LogP contribution is -2.49. The molecule has 0 amide bonds. The van der Waals surface area contributed by atoms with Crippen LogP contribution in [-0.4, -0.2) is 23.7 Å². The van der Waals surface area contributed by atoms with Gasteiger partial charge in [-0.25, -0.2) is 0 Å². The van der Waals surface area contributed by atoms with Crippen LogP contribution in [-0.2, 0) is 4.74 Å². The van der Waals surface area contributed by atoms with E-state index in [4.69, 9.17) is 4.74 Å². The Bertz CT molecular complexity index is 439. The Morgan fingerprint density at radius 2 is 2.11 bits per heavy atom. The second kappa shape index (κ2) is 5.67. The van der Waals surface area contributed by atoms with E-state index in [1.807, 2.05) is 12.1 Å². The molecule has 1 aromatic rings. The van der Waals surface area contributed by atoms with Gasteiger partial charge in [-0.3, -0.25) is 10.1 Å². The van der Waals surface area contributed by atoms with Gasteiger partial charge < -0.3 is 10.1 Å². The maximum atomic E-state index is 10.6. The molecule has 0 aliphatic carbocycles. The lowest BCUT2D eigenvalue weighted by molar-refractivity contribution is -0.384. The Morgan fingerprint density at radius 3 is 2.63 bits per heavy atom. The summed E-state index contributed by atoms with van der Waals surface area (Å²) in [6, 6.07) is 6.86. The van der Waals surface area contributed by atoms with E-state index >= 15 is 0 Å². The number of hydrogen-bond acceptors (Lipinski definition) is 4. The molecule has 0 bridgehead atoms. The standard InChI is InChI=1S/C14H20N2O3/c1-11(15-14(2)8-3-9-19-10-14)12-4-6-13(7-5-12)16(17)18/h4-7,11,15H,3,8-10H2,1-2H3. The highest BCUT2D eigenvalue weighted by Gasteiger charge is 2.29. The van der Waals surface area contributed by atoms with Crippen molar-refractivity contribution in [2.24, 2.45) is 0 Å². The molecule has 0 aromatic heterocycles. The molecular formula is C14H20N2O3. The Labute approximate surface area is 113 Å². The summed E-state index contributed by atoms with van der Waals surface area (Å²) < 4.78 is 5.52. The maximum absolute atomic E-state index is 10.6. The fourth-order valence-corrected chi connectivity index (χ4v) is 2.54. The van der Waals surface area contributed by atoms with Crippen molar-refractivity contribution in [2.45, 2.75) is 38.3 Å². The predicted molar refractivity (Wildman–Crippen MR) is 73.1 cm³/mol. The lowest BCUT2D eigenvalue weighted by Gasteiger charge is -2.37. The number of rotatable bonds is 4. The first-order valence-electron chi connectivity index (χ1n) is 6.60. The maximum Gasteiger partial charge on any atom is 0.269 e. The molecule has 1 N–H and O–H groups in total. The van der Waals surface area contributed by atoms with Gasteiger partial charge in [0.1, 0.15) is 0 Å². The number of nitrogens with zero attached hydrogens (tertiary/aromatic N) is 1. The Morgan fingerprint density at radius 1 is 1.42 bits per heavy atom. The van der Waals surface area contributed by atoms with Gasteiger partial charge in [0, 0.05) is 30.3 Å². The second-order valence-electron chi connectivity index (χ2n) is 5.43. The summed E-state index contributed by atoms with van der Waals surface area (Å²) in [5, 5.41) is 14.2. The molecule has 19 heavy (non-hydrogen) atoms. The summed E-state index contributed by atoms with van der Waals surface area (Å²) in [4.78, 5) is 10.2. The number of non-ortho nitro benzene ring substituents is 1. The average Bonchev–Trinajstić information content (AvgIpc) is 2.39. The topological polar surface area (TPSA) is 64.4 Å². The predicted octanol–water partition coefficient (Wildman–Crippen LogP) is 2.81. The molecule has 0 saturated carbocycles. The first kappa shape index (κ1) is 14.0. The third-order valence-corrected chi connectivity index (χ3v) is 3.61. The summed E-state index contributed by atoms with van der Waals surface area (Å²) >= 11 is 0. The Balaban J connectivity index is 2.02. The third-order valence-electron chi connectivity index (χ3n) is 3.61. The number of nitro groups is 1. The van der Waals surface area contributed by atoms with Crippen molar-refractivity contribution in [2.75, 3.05) is 13.2 Å². The third kappa shape index (κ3) is 3.52. The van der Waals surface area contributed by atoms with Gasteiger partial charge in [0.2, 0.25) is 0 Å². The van der Waals surface area contributed by atoms with Crippen molar-refractivity contribution in [3.05, 3.63) is 39.9 Å². The zero-order valence-electron chi connectivity index (χ0n) is 11.4. The molecule has 2 atom stereocenters. The van der Waals surface area contributed by atoms with Crippen molar-refractivity contribution >= 4 is 5.69 Å². The van der Waals surface area contributed by atoms with E-state index in [1.165, 1.54) is 0 Å². The van der Waals surface area contributed by atoms with Crippen LogP contribution in [0.2, 0.25) is 0 Å². The molecule has 1 heterocycles. The van der Waals surface area contributed by atoms with E-state index < -0.39 is 0 Å². The van der Waals surface area contributed by atoms with E-state index in [0.717, 1.165) is 25.0 Å². The highest BCUT2D eigenvalue weighted by atomic mass is 16.6. The van der Waals surface area contributed by atoms with Crippen molar-refractivity contribution in [1.29, 1.82) is 0 Å². The quantitative estimate of drug-likeness (QED) is 0.671. The molecule has 0 radical (unpaired) electrons. The molecular weight excluding hydrogens is 244 g/mol. The van der Waals surface area contributed by atoms with Crippen LogP contribution < -0.4 is 5.32 Å². The summed E-state index contributed by atoms with van der Waals surface area (Å²) in [6.07, 6.45) is 2.15. The number of nitrogens with one attached hydrogen (secondary N) is 1. The van der Waals surface area contributed by atoms with Crippen LogP contribution in [0.1, 0.15) is 38.3 Å². The highest BCUT2D eigenvalue weighted by molar-refractivity contribution is 5.34. The van der Waals surface area contributed by atoms with Crippen molar-refractivity contribution in [3.8, 4) is 0 Å². The summed E-state index contributed by atoms with van der Waals surface area (Å²) in [6.45, 7) is 5.78. The monoisotopic (exact) mass is 264 g/mol. The van der Waals surface area contributed by atoms with Gasteiger partial charge in [-0.15, -0.1) is 0 Å². The number of nitro benzene ring substituents is 1. The van der Waals surface area contributed by atoms with E-state index in [2.05, 4.69) is 19.2 Å². The fourth-order valence-electron chi connectivity index (χ4n) is 2.54. The minimum Gasteiger partial charge on any atom is -0.380 e. The molecule has 5 heteroatoms. The molecule has 104 valence electrons. The fraction of sp³-hybridized carbons (Fsp3) is 0.571. The Hall–Kier alpha value is -1.46. The van der Waals surface area contributed by atoms with Gasteiger partial charge >= 0.3 is 0 Å². The Kier molecular flexibility index (Phi) is 4.17. The van der Waals surface area contributed by atoms with E-state index in [1.54, 1.807) is 12.1 Å². The average molecular weight is 264 g/mol. The number of benzene rings is 1. The summed E-state index contributed by atoms with van der Waals surface area (Å²) in [7, 11) is 0. The van der Waals surface area contributed by atoms with Crippen molar-refractivity contribution < 1.29 is 9.66 Å². The normalized spacial score (nSPS) is 24.9. The molecule has 2 rings (SSSR count). The molecule has 1 aliphatic heterocycles. The van der Waals surface area contributed by atoms with Gasteiger partial charge in [-0.1, -0.05) is 12.1 Å². The van der Waals surface area contributed by atoms with Crippen LogP contribution in [0.25, 0.3) is 0 Å². The van der Waals surface area contributed by atoms with Crippen LogP contribution in [0.5, 0.6) is 0 Å². The van der Waals surface area contributed by atoms with Crippen LogP contribution in [0.4, 0.5) is 5.69 Å². The lowest BCUT2D eigenvalue weighted by atomic mass is 9.93. The van der Waals surface area contributed by atoms with Crippen LogP contribution in [0.3, 0.4) is 0 Å². The minimum atomic E-state index is -0.377. The first-order valence-corrected chi connectivity index (χ1v) is 6.60. The highest BCUT2D eigenvalue weighted by Crippen LogP contribution is 2.24. The minimum absolute atomic E-state index is 0.0144. The molecule has 2 unspecified atom stereocenters. The van der Waals surface area contributed by atoms with Gasteiger partial charge in [-0.05, 0) is 32.3 Å². The molecule has 1 aliphatic rings. The zero-order valence-corrected chi connectivity index (χ0v) is 11.4. The van der Waals surface area contributed by atoms with E-state index in [-0.39, 0.29) is 22.2 Å². The summed E-state index contributed by atoms with van der Waals surface area (Å²) in [5.41, 5.74) is 1.17. The summed E-state index contributed by atoms with van der Waals surface area (Å²) in [5.74, 6) is 0. The number of hydrogen-bond donors (Lipinski definition) is 1. The van der Waals surface area contributed by atoms with Crippen LogP contribution in [0, 0.1) is 10.1 Å². The van der Waals surface area contributed by atoms with E-state index in [9.17, 15) is 10.1 Å². The SMILES string of the molecule is CC(NC1(C)CCCOC1)c1ccc([N+](=O)[O-])cc1. The molecule has 0 spiro atoms. The molecule has 1 saturated heterocycles. The molecule has 1 fully saturated rings. The van der Waals surface area contributed by atoms with Gasteiger partial charge in [-0.2, -0.15) is 0 Å². The zero-order chi connectivity index (χ0) is 13.9. The smallest absolute Gasteiger partial charge is 0.269 e. The van der Waals surface area contributed by atoms with Gasteiger partial charge in [0.25, 0.3) is 5.69 Å². The molecule has 1 aromatic carbocycles. The van der Waals surface area contributed by atoms with Gasteiger partial charge in [0.05, 0.1) is 11.5 Å². The first-order chi connectivity index (χ1) is 9.00. The van der Waals surface area contributed by atoms with Crippen molar-refractivity contribution in [3.63, 3.8) is 0 Å². The second-order valence-corrected chi connectivity index (χ2v) is 5.43. The van der Waals surface area contributed by atoms with E-state index in [0.29, 0.717) is 6.61 Å². The van der Waals surface area contributed by atoms with Crippen LogP contribution >= 0.6 is 0 Å². The van der Waals surface area contributed by atoms with Crippen molar-refractivity contribution in [1.82, 2.24) is 5.32 Å². The largest absolute Gasteiger partial charge is 0.380 e.